The van der Waals surface area contributed by atoms with Crippen LogP contribution in [0.3, 0.4) is 0 Å². The number of phenols is 1. The molecule has 29 heavy (non-hydrogen) atoms. The second kappa shape index (κ2) is 8.24. The SMILES string of the molecule is CN1C=CSC1=Cc1[nH]c(N)c2ccccc12.Cc1ccc(O)cc1S(=O)(=O)O. The van der Waals surface area contributed by atoms with Crippen molar-refractivity contribution in [3.8, 4) is 5.75 Å². The lowest BCUT2D eigenvalue weighted by molar-refractivity contribution is 0.465. The molecule has 7 nitrogen and oxygen atoms in total. The maximum atomic E-state index is 10.7. The monoisotopic (exact) mass is 431 g/mol. The average molecular weight is 432 g/mol. The summed E-state index contributed by atoms with van der Waals surface area (Å²) in [7, 11) is -2.18. The van der Waals surface area contributed by atoms with Gasteiger partial charge in [-0.25, -0.2) is 0 Å². The molecular weight excluding hydrogens is 410 g/mol. The largest absolute Gasteiger partial charge is 0.508 e. The Morgan fingerprint density at radius 3 is 2.45 bits per heavy atom. The number of H-pyrrole nitrogens is 1. The third kappa shape index (κ3) is 4.76. The summed E-state index contributed by atoms with van der Waals surface area (Å²) in [5.41, 5.74) is 7.43. The highest BCUT2D eigenvalue weighted by molar-refractivity contribution is 8.06. The molecule has 0 fully saturated rings. The van der Waals surface area contributed by atoms with Gasteiger partial charge in [0.05, 0.1) is 10.7 Å². The Morgan fingerprint density at radius 2 is 1.86 bits per heavy atom. The number of aryl methyl sites for hydroxylation is 1. The standard InChI is InChI=1S/C13H13N3S.C7H8O4S/c1-16-6-7-17-12(16)8-11-9-4-2-3-5-10(9)13(14)15-11;1-5-2-3-6(8)4-7(5)12(9,10)11/h2-8,15H,14H2,1H3;2-4,8H,1H3,(H,9,10,11). The van der Waals surface area contributed by atoms with Gasteiger partial charge in [-0.15, -0.1) is 0 Å². The molecule has 5 N–H and O–H groups in total. The lowest BCUT2D eigenvalue weighted by Gasteiger charge is -2.09. The number of phenolic OH excluding ortho intramolecular Hbond substituents is 1. The quantitative estimate of drug-likeness (QED) is 0.450. The molecule has 0 aliphatic carbocycles. The Balaban J connectivity index is 0.000000177. The predicted octanol–water partition coefficient (Wildman–Crippen LogP) is 4.15. The molecule has 0 amide bonds. The van der Waals surface area contributed by atoms with Crippen molar-refractivity contribution in [2.24, 2.45) is 0 Å². The van der Waals surface area contributed by atoms with Crippen LogP contribution in [-0.2, 0) is 10.1 Å². The number of rotatable bonds is 2. The number of nitrogens with zero attached hydrogens (tertiary/aromatic N) is 1. The molecule has 2 aromatic carbocycles. The maximum Gasteiger partial charge on any atom is 0.294 e. The van der Waals surface area contributed by atoms with E-state index in [2.05, 4.69) is 27.4 Å². The zero-order chi connectivity index (χ0) is 21.2. The number of nitrogen functional groups attached to an aromatic ring is 1. The second-order valence-electron chi connectivity index (χ2n) is 6.42. The molecule has 0 saturated heterocycles. The van der Waals surface area contributed by atoms with Gasteiger partial charge in [0.25, 0.3) is 10.1 Å². The van der Waals surface area contributed by atoms with Crippen LogP contribution < -0.4 is 5.73 Å². The van der Waals surface area contributed by atoms with E-state index in [1.54, 1.807) is 11.8 Å². The molecule has 1 aliphatic rings. The third-order valence-corrected chi connectivity index (χ3v) is 6.22. The molecule has 0 spiro atoms. The highest BCUT2D eigenvalue weighted by atomic mass is 32.2. The summed E-state index contributed by atoms with van der Waals surface area (Å²) >= 11 is 1.71. The summed E-state index contributed by atoms with van der Waals surface area (Å²) in [5.74, 6) is 0.541. The number of benzene rings is 2. The number of nitrogens with two attached hydrogens (primary N) is 1. The Kier molecular flexibility index (Phi) is 5.92. The molecule has 1 aromatic heterocycles. The molecule has 0 unspecified atom stereocenters. The number of aromatic nitrogens is 1. The van der Waals surface area contributed by atoms with Gasteiger partial charge in [0.2, 0.25) is 0 Å². The minimum absolute atomic E-state index is 0.187. The Labute approximate surface area is 173 Å². The van der Waals surface area contributed by atoms with E-state index in [0.717, 1.165) is 23.0 Å². The summed E-state index contributed by atoms with van der Waals surface area (Å²) < 4.78 is 30.0. The normalized spacial score (nSPS) is 15.0. The molecule has 152 valence electrons. The molecule has 0 radical (unpaired) electrons. The highest BCUT2D eigenvalue weighted by Crippen LogP contribution is 2.32. The number of aromatic amines is 1. The predicted molar refractivity (Wildman–Crippen MR) is 118 cm³/mol. The summed E-state index contributed by atoms with van der Waals surface area (Å²) in [6.07, 6.45) is 4.17. The summed E-state index contributed by atoms with van der Waals surface area (Å²) in [4.78, 5) is 5.07. The van der Waals surface area contributed by atoms with Crippen LogP contribution in [0.2, 0.25) is 0 Å². The van der Waals surface area contributed by atoms with Crippen molar-refractivity contribution in [2.75, 3.05) is 12.8 Å². The summed E-state index contributed by atoms with van der Waals surface area (Å²) in [6.45, 7) is 1.53. The number of thioether (sulfide) groups is 1. The molecule has 2 heterocycles. The first-order valence-electron chi connectivity index (χ1n) is 8.58. The fourth-order valence-corrected chi connectivity index (χ4v) is 4.36. The van der Waals surface area contributed by atoms with Crippen molar-refractivity contribution >= 4 is 44.5 Å². The van der Waals surface area contributed by atoms with Gasteiger partial charge >= 0.3 is 0 Å². The second-order valence-corrected chi connectivity index (χ2v) is 8.74. The maximum absolute atomic E-state index is 10.7. The van der Waals surface area contributed by atoms with E-state index in [1.807, 2.05) is 31.4 Å². The first kappa shape index (κ1) is 20.8. The lowest BCUT2D eigenvalue weighted by atomic mass is 10.2. The summed E-state index contributed by atoms with van der Waals surface area (Å²) in [6, 6.07) is 11.9. The van der Waals surface area contributed by atoms with Gasteiger partial charge in [0.15, 0.2) is 0 Å². The van der Waals surface area contributed by atoms with E-state index in [4.69, 9.17) is 15.4 Å². The minimum Gasteiger partial charge on any atom is -0.508 e. The van der Waals surface area contributed by atoms with Gasteiger partial charge in [-0.05, 0) is 30.0 Å². The zero-order valence-electron chi connectivity index (χ0n) is 15.8. The Hall–Kier alpha value is -2.88. The molecule has 0 atom stereocenters. The van der Waals surface area contributed by atoms with Crippen molar-refractivity contribution in [3.05, 3.63) is 70.4 Å². The van der Waals surface area contributed by atoms with Gasteiger partial charge in [0, 0.05) is 30.1 Å². The van der Waals surface area contributed by atoms with Crippen molar-refractivity contribution in [1.29, 1.82) is 0 Å². The molecule has 3 aromatic rings. The Bertz CT molecular complexity index is 1210. The number of anilines is 1. The fourth-order valence-electron chi connectivity index (χ4n) is 2.82. The molecule has 9 heteroatoms. The molecule has 1 aliphatic heterocycles. The molecule has 0 bridgehead atoms. The van der Waals surface area contributed by atoms with Crippen LogP contribution in [-0.4, -0.2) is 35.0 Å². The first-order chi connectivity index (χ1) is 13.7. The van der Waals surface area contributed by atoms with Crippen LogP contribution in [0.1, 0.15) is 11.3 Å². The topological polar surface area (TPSA) is 120 Å². The van der Waals surface area contributed by atoms with Gasteiger partial charge in [-0.1, -0.05) is 42.1 Å². The number of fused-ring (bicyclic) bond motifs is 1. The van der Waals surface area contributed by atoms with E-state index < -0.39 is 10.1 Å². The highest BCUT2D eigenvalue weighted by Gasteiger charge is 2.13. The zero-order valence-corrected chi connectivity index (χ0v) is 17.5. The van der Waals surface area contributed by atoms with E-state index in [-0.39, 0.29) is 10.6 Å². The lowest BCUT2D eigenvalue weighted by Crippen LogP contribution is -2.02. The summed E-state index contributed by atoms with van der Waals surface area (Å²) in [5, 5.41) is 14.4. The van der Waals surface area contributed by atoms with E-state index in [9.17, 15) is 8.42 Å². The van der Waals surface area contributed by atoms with Gasteiger partial charge < -0.3 is 20.7 Å². The number of hydrogen-bond donors (Lipinski definition) is 4. The van der Waals surface area contributed by atoms with Gasteiger partial charge in [-0.3, -0.25) is 4.55 Å². The smallest absolute Gasteiger partial charge is 0.294 e. The van der Waals surface area contributed by atoms with E-state index in [1.165, 1.54) is 29.5 Å². The first-order valence-corrected chi connectivity index (χ1v) is 10.9. The van der Waals surface area contributed by atoms with E-state index in [0.29, 0.717) is 5.56 Å². The van der Waals surface area contributed by atoms with Crippen LogP contribution in [0.5, 0.6) is 5.75 Å². The third-order valence-electron chi connectivity index (χ3n) is 4.32. The van der Waals surface area contributed by atoms with Crippen LogP contribution in [0.25, 0.3) is 16.8 Å². The number of nitrogens with one attached hydrogen (secondary N) is 1. The fraction of sp³-hybridized carbons (Fsp3) is 0.100. The van der Waals surface area contributed by atoms with Crippen LogP contribution in [0.15, 0.2) is 64.0 Å². The number of aromatic hydroxyl groups is 1. The van der Waals surface area contributed by atoms with Crippen molar-refractivity contribution < 1.29 is 18.1 Å². The van der Waals surface area contributed by atoms with Crippen molar-refractivity contribution in [3.63, 3.8) is 0 Å². The van der Waals surface area contributed by atoms with Gasteiger partial charge in [-0.2, -0.15) is 8.42 Å². The number of hydrogen-bond acceptors (Lipinski definition) is 6. The van der Waals surface area contributed by atoms with Crippen molar-refractivity contribution in [1.82, 2.24) is 9.88 Å². The van der Waals surface area contributed by atoms with Crippen LogP contribution >= 0.6 is 11.8 Å². The Morgan fingerprint density at radius 1 is 1.17 bits per heavy atom. The minimum atomic E-state index is -4.22. The molecular formula is C20H21N3O4S2. The van der Waals surface area contributed by atoms with Crippen LogP contribution in [0, 0.1) is 6.92 Å². The molecule has 4 rings (SSSR count). The van der Waals surface area contributed by atoms with Crippen LogP contribution in [0.4, 0.5) is 5.82 Å². The van der Waals surface area contributed by atoms with Gasteiger partial charge in [0.1, 0.15) is 16.5 Å². The van der Waals surface area contributed by atoms with E-state index >= 15 is 0 Å². The molecule has 0 saturated carbocycles. The van der Waals surface area contributed by atoms with Crippen molar-refractivity contribution in [2.45, 2.75) is 11.8 Å². The average Bonchev–Trinajstić information content (AvgIpc) is 3.21.